The Labute approximate surface area is 123 Å². The molecule has 0 aromatic heterocycles. The standard InChI is InChI=1S/C15H24FNO.C2H6/c1-5-7-15(18)17(12(4)6-2)13-8-9-14(16)11(3)10-13;1-2/h8-10,12,15,18H,5-7H2,1-4H3;1-2H3. The fraction of sp³-hybridized carbons (Fsp3) is 0.647. The van der Waals surface area contributed by atoms with Gasteiger partial charge in [0.25, 0.3) is 0 Å². The van der Waals surface area contributed by atoms with E-state index in [0.717, 1.165) is 24.9 Å². The first-order chi connectivity index (χ1) is 9.51. The smallest absolute Gasteiger partial charge is 0.127 e. The summed E-state index contributed by atoms with van der Waals surface area (Å²) in [5.74, 6) is -0.201. The van der Waals surface area contributed by atoms with Crippen LogP contribution in [0.15, 0.2) is 18.2 Å². The predicted molar refractivity (Wildman–Crippen MR) is 85.6 cm³/mol. The van der Waals surface area contributed by atoms with E-state index in [0.29, 0.717) is 5.56 Å². The number of hydrogen-bond donors (Lipinski definition) is 1. The minimum atomic E-state index is -0.505. The van der Waals surface area contributed by atoms with Crippen molar-refractivity contribution in [3.63, 3.8) is 0 Å². The van der Waals surface area contributed by atoms with Gasteiger partial charge in [-0.3, -0.25) is 0 Å². The Hall–Kier alpha value is -1.09. The third-order valence-corrected chi connectivity index (χ3v) is 3.37. The van der Waals surface area contributed by atoms with Crippen LogP contribution in [0.1, 0.15) is 59.4 Å². The third-order valence-electron chi connectivity index (χ3n) is 3.37. The summed E-state index contributed by atoms with van der Waals surface area (Å²) in [6, 6.07) is 5.25. The van der Waals surface area contributed by atoms with Crippen molar-refractivity contribution in [3.8, 4) is 0 Å². The first kappa shape index (κ1) is 18.9. The van der Waals surface area contributed by atoms with Crippen molar-refractivity contribution < 1.29 is 9.50 Å². The van der Waals surface area contributed by atoms with Crippen molar-refractivity contribution in [1.82, 2.24) is 0 Å². The number of halogens is 1. The van der Waals surface area contributed by atoms with Crippen LogP contribution in [0.5, 0.6) is 0 Å². The van der Waals surface area contributed by atoms with Gasteiger partial charge < -0.3 is 10.0 Å². The lowest BCUT2D eigenvalue weighted by molar-refractivity contribution is 0.148. The van der Waals surface area contributed by atoms with Crippen LogP contribution in [0.4, 0.5) is 10.1 Å². The van der Waals surface area contributed by atoms with Gasteiger partial charge in [-0.2, -0.15) is 0 Å². The Morgan fingerprint density at radius 2 is 1.85 bits per heavy atom. The number of anilines is 1. The van der Waals surface area contributed by atoms with Gasteiger partial charge in [0, 0.05) is 11.7 Å². The minimum absolute atomic E-state index is 0.201. The molecule has 0 aliphatic carbocycles. The fourth-order valence-corrected chi connectivity index (χ4v) is 2.10. The molecule has 1 N–H and O–H groups in total. The molecule has 2 unspecified atom stereocenters. The summed E-state index contributed by atoms with van der Waals surface area (Å²) < 4.78 is 13.3. The molecular formula is C17H30FNO. The van der Waals surface area contributed by atoms with Gasteiger partial charge in [-0.1, -0.05) is 34.1 Å². The van der Waals surface area contributed by atoms with Crippen molar-refractivity contribution in [2.24, 2.45) is 0 Å². The van der Waals surface area contributed by atoms with Gasteiger partial charge in [0.1, 0.15) is 12.0 Å². The van der Waals surface area contributed by atoms with E-state index < -0.39 is 6.23 Å². The number of hydrogen-bond acceptors (Lipinski definition) is 2. The second-order valence-electron chi connectivity index (χ2n) is 4.87. The quantitative estimate of drug-likeness (QED) is 0.752. The van der Waals surface area contributed by atoms with Crippen LogP contribution >= 0.6 is 0 Å². The highest BCUT2D eigenvalue weighted by molar-refractivity contribution is 5.50. The molecule has 2 atom stereocenters. The molecule has 0 aliphatic rings. The lowest BCUT2D eigenvalue weighted by Gasteiger charge is -2.35. The Kier molecular flexibility index (Phi) is 9.23. The SMILES string of the molecule is CC.CCCC(O)N(c1ccc(F)c(C)c1)C(C)CC. The van der Waals surface area contributed by atoms with Crippen LogP contribution in [0, 0.1) is 12.7 Å². The molecule has 0 radical (unpaired) electrons. The molecule has 1 aromatic carbocycles. The molecule has 0 bridgehead atoms. The summed E-state index contributed by atoms with van der Waals surface area (Å²) in [6.07, 6.45) is 2.08. The summed E-state index contributed by atoms with van der Waals surface area (Å²) in [6.45, 7) is 12.0. The summed E-state index contributed by atoms with van der Waals surface area (Å²) >= 11 is 0. The predicted octanol–water partition coefficient (Wildman–Crippen LogP) is 4.88. The Morgan fingerprint density at radius 3 is 2.30 bits per heavy atom. The zero-order chi connectivity index (χ0) is 15.7. The van der Waals surface area contributed by atoms with Crippen molar-refractivity contribution in [1.29, 1.82) is 0 Å². The topological polar surface area (TPSA) is 23.5 Å². The largest absolute Gasteiger partial charge is 0.374 e. The van der Waals surface area contributed by atoms with E-state index >= 15 is 0 Å². The number of aryl methyl sites for hydroxylation is 1. The molecule has 0 aliphatic heterocycles. The van der Waals surface area contributed by atoms with Crippen molar-refractivity contribution in [3.05, 3.63) is 29.6 Å². The zero-order valence-electron chi connectivity index (χ0n) is 13.8. The third kappa shape index (κ3) is 5.12. The molecule has 0 saturated heterocycles. The average Bonchev–Trinajstić information content (AvgIpc) is 2.45. The molecule has 1 rings (SSSR count). The van der Waals surface area contributed by atoms with Crippen molar-refractivity contribution in [2.75, 3.05) is 4.90 Å². The number of aliphatic hydroxyl groups excluding tert-OH is 1. The summed E-state index contributed by atoms with van der Waals surface area (Å²) in [7, 11) is 0. The van der Waals surface area contributed by atoms with Crippen LogP contribution < -0.4 is 4.90 Å². The average molecular weight is 283 g/mol. The molecule has 0 fully saturated rings. The molecule has 3 heteroatoms. The van der Waals surface area contributed by atoms with Gasteiger partial charge in [-0.05, 0) is 50.5 Å². The van der Waals surface area contributed by atoms with Crippen LogP contribution in [0.25, 0.3) is 0 Å². The van der Waals surface area contributed by atoms with E-state index in [1.54, 1.807) is 19.1 Å². The van der Waals surface area contributed by atoms with E-state index in [1.807, 2.05) is 25.7 Å². The highest BCUT2D eigenvalue weighted by Gasteiger charge is 2.20. The monoisotopic (exact) mass is 283 g/mol. The number of nitrogens with zero attached hydrogens (tertiary/aromatic N) is 1. The first-order valence-electron chi connectivity index (χ1n) is 7.73. The highest BCUT2D eigenvalue weighted by atomic mass is 19.1. The Balaban J connectivity index is 0.00000172. The second-order valence-corrected chi connectivity index (χ2v) is 4.87. The molecule has 0 saturated carbocycles. The van der Waals surface area contributed by atoms with Crippen molar-refractivity contribution >= 4 is 5.69 Å². The highest BCUT2D eigenvalue weighted by Crippen LogP contribution is 2.24. The normalized spacial score (nSPS) is 13.2. The summed E-state index contributed by atoms with van der Waals surface area (Å²) in [4.78, 5) is 1.98. The maximum absolute atomic E-state index is 13.3. The molecule has 20 heavy (non-hydrogen) atoms. The van der Waals surface area contributed by atoms with Gasteiger partial charge in [-0.15, -0.1) is 0 Å². The fourth-order valence-electron chi connectivity index (χ4n) is 2.10. The van der Waals surface area contributed by atoms with Crippen LogP contribution in [0.3, 0.4) is 0 Å². The van der Waals surface area contributed by atoms with E-state index in [-0.39, 0.29) is 11.9 Å². The van der Waals surface area contributed by atoms with Gasteiger partial charge in [0.15, 0.2) is 0 Å². The minimum Gasteiger partial charge on any atom is -0.374 e. The second kappa shape index (κ2) is 9.76. The van der Waals surface area contributed by atoms with Gasteiger partial charge in [0.2, 0.25) is 0 Å². The van der Waals surface area contributed by atoms with Gasteiger partial charge in [0.05, 0.1) is 0 Å². The maximum atomic E-state index is 13.3. The summed E-state index contributed by atoms with van der Waals surface area (Å²) in [5.41, 5.74) is 1.51. The lowest BCUT2D eigenvalue weighted by atomic mass is 10.1. The Morgan fingerprint density at radius 1 is 1.25 bits per heavy atom. The number of aliphatic hydroxyl groups is 1. The van der Waals surface area contributed by atoms with Crippen LogP contribution in [-0.2, 0) is 0 Å². The molecule has 2 nitrogen and oxygen atoms in total. The van der Waals surface area contributed by atoms with Gasteiger partial charge in [-0.25, -0.2) is 4.39 Å². The molecular weight excluding hydrogens is 253 g/mol. The van der Waals surface area contributed by atoms with E-state index in [4.69, 9.17) is 0 Å². The van der Waals surface area contributed by atoms with E-state index in [1.165, 1.54) is 6.07 Å². The summed E-state index contributed by atoms with van der Waals surface area (Å²) in [5, 5.41) is 10.3. The molecule has 0 amide bonds. The van der Waals surface area contributed by atoms with E-state index in [9.17, 15) is 9.50 Å². The maximum Gasteiger partial charge on any atom is 0.127 e. The molecule has 116 valence electrons. The lowest BCUT2D eigenvalue weighted by Crippen LogP contribution is -2.41. The van der Waals surface area contributed by atoms with E-state index in [2.05, 4.69) is 13.8 Å². The Bertz CT molecular complexity index is 381. The first-order valence-corrected chi connectivity index (χ1v) is 7.73. The zero-order valence-corrected chi connectivity index (χ0v) is 13.8. The molecule has 1 aromatic rings. The number of rotatable bonds is 6. The number of benzene rings is 1. The molecule has 0 spiro atoms. The molecule has 0 heterocycles. The van der Waals surface area contributed by atoms with Gasteiger partial charge >= 0.3 is 0 Å². The van der Waals surface area contributed by atoms with Crippen LogP contribution in [-0.4, -0.2) is 17.4 Å². The van der Waals surface area contributed by atoms with Crippen molar-refractivity contribution in [2.45, 2.75) is 73.1 Å². The van der Waals surface area contributed by atoms with Crippen LogP contribution in [0.2, 0.25) is 0 Å².